The van der Waals surface area contributed by atoms with Gasteiger partial charge in [0.2, 0.25) is 5.91 Å². The van der Waals surface area contributed by atoms with Gasteiger partial charge in [0.25, 0.3) is 5.91 Å². The van der Waals surface area contributed by atoms with Crippen molar-refractivity contribution in [3.63, 3.8) is 0 Å². The first kappa shape index (κ1) is 15.4. The van der Waals surface area contributed by atoms with E-state index in [2.05, 4.69) is 10.6 Å². The molecule has 1 aromatic carbocycles. The van der Waals surface area contributed by atoms with Crippen LogP contribution >= 0.6 is 11.8 Å². The fourth-order valence-electron chi connectivity index (χ4n) is 1.97. The summed E-state index contributed by atoms with van der Waals surface area (Å²) in [5, 5.41) is 13.9. The average Bonchev–Trinajstić information content (AvgIpc) is 2.38. The van der Waals surface area contributed by atoms with E-state index in [0.717, 1.165) is 4.90 Å². The van der Waals surface area contributed by atoms with Gasteiger partial charge in [0.1, 0.15) is 0 Å². The molecule has 21 heavy (non-hydrogen) atoms. The summed E-state index contributed by atoms with van der Waals surface area (Å²) in [5.41, 5.74) is 1.00. The lowest BCUT2D eigenvalue weighted by Gasteiger charge is -2.22. The van der Waals surface area contributed by atoms with Gasteiger partial charge < -0.3 is 15.7 Å². The number of fused-ring (bicyclic) bond motifs is 1. The summed E-state index contributed by atoms with van der Waals surface area (Å²) < 4.78 is 0. The summed E-state index contributed by atoms with van der Waals surface area (Å²) in [6.07, 6.45) is -0.138. The number of nitrogens with one attached hydrogen (secondary N) is 2. The summed E-state index contributed by atoms with van der Waals surface area (Å²) >= 11 is 1.44. The van der Waals surface area contributed by atoms with E-state index in [1.54, 1.807) is 25.1 Å². The van der Waals surface area contributed by atoms with E-state index in [-0.39, 0.29) is 23.5 Å². The molecule has 0 saturated carbocycles. The van der Waals surface area contributed by atoms with Crippen molar-refractivity contribution in [2.24, 2.45) is 0 Å². The number of anilines is 1. The van der Waals surface area contributed by atoms with Crippen molar-refractivity contribution in [2.75, 3.05) is 5.32 Å². The monoisotopic (exact) mass is 308 g/mol. The number of hydrogen-bond acceptors (Lipinski definition) is 4. The molecule has 2 rings (SSSR count). The van der Waals surface area contributed by atoms with Gasteiger partial charge >= 0.3 is 5.97 Å². The van der Waals surface area contributed by atoms with Crippen molar-refractivity contribution in [3.05, 3.63) is 23.8 Å². The lowest BCUT2D eigenvalue weighted by molar-refractivity contribution is -0.137. The molecule has 0 aliphatic carbocycles. The summed E-state index contributed by atoms with van der Waals surface area (Å²) in [4.78, 5) is 35.2. The molecule has 0 fully saturated rings. The fourth-order valence-corrected chi connectivity index (χ4v) is 2.90. The van der Waals surface area contributed by atoms with Gasteiger partial charge in [-0.15, -0.1) is 11.8 Å². The number of carboxylic acid groups (broad SMARTS) is 1. The fraction of sp³-hybridized carbons (Fsp3) is 0.357. The van der Waals surface area contributed by atoms with Crippen LogP contribution in [-0.4, -0.2) is 34.2 Å². The highest BCUT2D eigenvalue weighted by Crippen LogP contribution is 2.35. The summed E-state index contributed by atoms with van der Waals surface area (Å²) in [6.45, 7) is 3.45. The normalized spacial score (nSPS) is 18.4. The van der Waals surface area contributed by atoms with Gasteiger partial charge in [-0.2, -0.15) is 0 Å². The Hall–Kier alpha value is -2.02. The zero-order chi connectivity index (χ0) is 15.6. The molecule has 2 amide bonds. The molecule has 1 aliphatic heterocycles. The van der Waals surface area contributed by atoms with Crippen molar-refractivity contribution >= 4 is 35.2 Å². The van der Waals surface area contributed by atoms with Crippen molar-refractivity contribution in [2.45, 2.75) is 36.5 Å². The Balaban J connectivity index is 2.11. The van der Waals surface area contributed by atoms with Crippen LogP contribution < -0.4 is 10.6 Å². The SMILES string of the molecule is CC(CC(=O)O)NC(=O)c1ccc2c(c1)NC(=O)C(C)S2. The van der Waals surface area contributed by atoms with Crippen LogP contribution in [0.1, 0.15) is 30.6 Å². The third-order valence-electron chi connectivity index (χ3n) is 3.03. The number of carboxylic acids is 1. The number of thioether (sulfide) groups is 1. The van der Waals surface area contributed by atoms with Gasteiger partial charge in [-0.1, -0.05) is 0 Å². The molecular weight excluding hydrogens is 292 g/mol. The average molecular weight is 308 g/mol. The topological polar surface area (TPSA) is 95.5 Å². The second-order valence-electron chi connectivity index (χ2n) is 4.93. The Morgan fingerprint density at radius 3 is 2.86 bits per heavy atom. The minimum absolute atomic E-state index is 0.0932. The molecule has 0 spiro atoms. The zero-order valence-corrected chi connectivity index (χ0v) is 12.5. The first-order chi connectivity index (χ1) is 9.86. The van der Waals surface area contributed by atoms with Gasteiger partial charge in [-0.25, -0.2) is 0 Å². The number of amides is 2. The lowest BCUT2D eigenvalue weighted by atomic mass is 10.1. The van der Waals surface area contributed by atoms with Crippen LogP contribution in [0.2, 0.25) is 0 Å². The first-order valence-corrected chi connectivity index (χ1v) is 7.39. The van der Waals surface area contributed by atoms with Crippen molar-refractivity contribution in [1.29, 1.82) is 0 Å². The quantitative estimate of drug-likeness (QED) is 0.787. The molecule has 1 aromatic rings. The molecular formula is C14H16N2O4S. The first-order valence-electron chi connectivity index (χ1n) is 6.51. The number of carbonyl (C=O) groups is 3. The number of aliphatic carboxylic acids is 1. The number of carbonyl (C=O) groups excluding carboxylic acids is 2. The van der Waals surface area contributed by atoms with Crippen LogP contribution in [0.4, 0.5) is 5.69 Å². The van der Waals surface area contributed by atoms with Crippen LogP contribution in [0.15, 0.2) is 23.1 Å². The highest BCUT2D eigenvalue weighted by molar-refractivity contribution is 8.00. The Morgan fingerprint density at radius 1 is 1.48 bits per heavy atom. The smallest absolute Gasteiger partial charge is 0.305 e. The molecule has 0 saturated heterocycles. The maximum Gasteiger partial charge on any atom is 0.305 e. The molecule has 0 aromatic heterocycles. The van der Waals surface area contributed by atoms with Gasteiger partial charge in [0.05, 0.1) is 17.4 Å². The van der Waals surface area contributed by atoms with Crippen LogP contribution in [0, 0.1) is 0 Å². The summed E-state index contributed by atoms with van der Waals surface area (Å²) in [6, 6.07) is 4.59. The number of hydrogen-bond donors (Lipinski definition) is 3. The van der Waals surface area contributed by atoms with Crippen molar-refractivity contribution in [3.8, 4) is 0 Å². The molecule has 0 bridgehead atoms. The van der Waals surface area contributed by atoms with Gasteiger partial charge in [-0.3, -0.25) is 14.4 Å². The van der Waals surface area contributed by atoms with E-state index in [9.17, 15) is 14.4 Å². The summed E-state index contributed by atoms with van der Waals surface area (Å²) in [5.74, 6) is -1.42. The van der Waals surface area contributed by atoms with Crippen molar-refractivity contribution < 1.29 is 19.5 Å². The second-order valence-corrected chi connectivity index (χ2v) is 6.32. The standard InChI is InChI=1S/C14H16N2O4S/c1-7(5-12(17)18)15-14(20)9-3-4-11-10(6-9)16-13(19)8(2)21-11/h3-4,6-8H,5H2,1-2H3,(H,15,20)(H,16,19)(H,17,18). The number of benzene rings is 1. The van der Waals surface area contributed by atoms with E-state index in [1.165, 1.54) is 11.8 Å². The predicted octanol–water partition coefficient (Wildman–Crippen LogP) is 1.71. The lowest BCUT2D eigenvalue weighted by Crippen LogP contribution is -2.34. The molecule has 7 heteroatoms. The van der Waals surface area contributed by atoms with Crippen LogP contribution in [0.3, 0.4) is 0 Å². The number of rotatable bonds is 4. The second kappa shape index (κ2) is 6.17. The molecule has 1 heterocycles. The Morgan fingerprint density at radius 2 is 2.19 bits per heavy atom. The van der Waals surface area contributed by atoms with Crippen molar-refractivity contribution in [1.82, 2.24) is 5.32 Å². The highest BCUT2D eigenvalue weighted by Gasteiger charge is 2.24. The minimum atomic E-state index is -0.967. The Labute approximate surface area is 126 Å². The third-order valence-corrected chi connectivity index (χ3v) is 4.21. The van der Waals surface area contributed by atoms with E-state index in [1.807, 2.05) is 6.92 Å². The molecule has 6 nitrogen and oxygen atoms in total. The third kappa shape index (κ3) is 3.75. The van der Waals surface area contributed by atoms with E-state index in [4.69, 9.17) is 5.11 Å². The summed E-state index contributed by atoms with van der Waals surface area (Å²) in [7, 11) is 0. The Kier molecular flexibility index (Phi) is 4.52. The molecule has 2 atom stereocenters. The predicted molar refractivity (Wildman–Crippen MR) is 79.6 cm³/mol. The van der Waals surface area contributed by atoms with E-state index >= 15 is 0 Å². The van der Waals surface area contributed by atoms with Gasteiger partial charge in [-0.05, 0) is 32.0 Å². The van der Waals surface area contributed by atoms with Crippen LogP contribution in [0.25, 0.3) is 0 Å². The van der Waals surface area contributed by atoms with Crippen LogP contribution in [-0.2, 0) is 9.59 Å². The van der Waals surface area contributed by atoms with Crippen LogP contribution in [0.5, 0.6) is 0 Å². The minimum Gasteiger partial charge on any atom is -0.481 e. The van der Waals surface area contributed by atoms with E-state index < -0.39 is 12.0 Å². The molecule has 2 unspecified atom stereocenters. The maximum absolute atomic E-state index is 12.0. The largest absolute Gasteiger partial charge is 0.481 e. The highest BCUT2D eigenvalue weighted by atomic mass is 32.2. The van der Waals surface area contributed by atoms with Gasteiger partial charge in [0, 0.05) is 16.5 Å². The molecule has 3 N–H and O–H groups in total. The van der Waals surface area contributed by atoms with Gasteiger partial charge in [0.15, 0.2) is 0 Å². The molecule has 0 radical (unpaired) electrons. The molecule has 112 valence electrons. The maximum atomic E-state index is 12.0. The molecule has 1 aliphatic rings. The Bertz CT molecular complexity index is 603. The zero-order valence-electron chi connectivity index (χ0n) is 11.7. The van der Waals surface area contributed by atoms with E-state index in [0.29, 0.717) is 11.3 Å².